The van der Waals surface area contributed by atoms with Gasteiger partial charge in [0, 0.05) is 22.0 Å². The molecule has 2 aromatic rings. The molecule has 0 saturated heterocycles. The van der Waals surface area contributed by atoms with Crippen molar-refractivity contribution in [3.05, 3.63) is 45.1 Å². The lowest BCUT2D eigenvalue weighted by atomic mass is 10.3. The first kappa shape index (κ1) is 14.8. The van der Waals surface area contributed by atoms with E-state index in [1.807, 2.05) is 17.5 Å². The predicted molar refractivity (Wildman–Crippen MR) is 80.7 cm³/mol. The van der Waals surface area contributed by atoms with Gasteiger partial charge in [0.25, 0.3) is 9.05 Å². The normalized spacial score (nSPS) is 11.5. The molecule has 3 nitrogen and oxygen atoms in total. The molecule has 0 aliphatic rings. The molecular weight excluding hydrogens is 372 g/mol. The molecule has 0 amide bonds. The molecule has 1 aromatic carbocycles. The SMILES string of the molecule is O=S(=O)(Cl)c1ccc(OCCc2cccs2)c(Br)c1. The van der Waals surface area contributed by atoms with Crippen molar-refractivity contribution in [2.24, 2.45) is 0 Å². The van der Waals surface area contributed by atoms with Crippen molar-refractivity contribution in [3.63, 3.8) is 0 Å². The zero-order valence-corrected chi connectivity index (χ0v) is 13.7. The largest absolute Gasteiger partial charge is 0.492 e. The van der Waals surface area contributed by atoms with Crippen molar-refractivity contribution in [1.29, 1.82) is 0 Å². The zero-order chi connectivity index (χ0) is 13.9. The topological polar surface area (TPSA) is 43.4 Å². The summed E-state index contributed by atoms with van der Waals surface area (Å²) >= 11 is 4.95. The van der Waals surface area contributed by atoms with Crippen LogP contribution < -0.4 is 4.74 Å². The minimum absolute atomic E-state index is 0.0478. The summed E-state index contributed by atoms with van der Waals surface area (Å²) < 4.78 is 28.5. The van der Waals surface area contributed by atoms with Gasteiger partial charge < -0.3 is 4.74 Å². The number of thiophene rings is 1. The Labute approximate surface area is 128 Å². The molecule has 0 aliphatic heterocycles. The van der Waals surface area contributed by atoms with Crippen LogP contribution in [0, 0.1) is 0 Å². The Morgan fingerprint density at radius 2 is 2.11 bits per heavy atom. The van der Waals surface area contributed by atoms with E-state index < -0.39 is 9.05 Å². The molecule has 0 saturated carbocycles. The fourth-order valence-corrected chi connectivity index (χ4v) is 3.58. The molecule has 0 radical (unpaired) electrons. The molecule has 0 aliphatic carbocycles. The predicted octanol–water partition coefficient (Wildman–Crippen LogP) is 4.06. The highest BCUT2D eigenvalue weighted by Gasteiger charge is 2.12. The highest BCUT2D eigenvalue weighted by Crippen LogP contribution is 2.29. The summed E-state index contributed by atoms with van der Waals surface area (Å²) in [6.45, 7) is 0.534. The molecule has 102 valence electrons. The summed E-state index contributed by atoms with van der Waals surface area (Å²) in [6, 6.07) is 8.49. The van der Waals surface area contributed by atoms with Crippen LogP contribution >= 0.6 is 37.9 Å². The summed E-state index contributed by atoms with van der Waals surface area (Å²) in [7, 11) is 1.56. The van der Waals surface area contributed by atoms with E-state index in [1.165, 1.54) is 17.0 Å². The third-order valence-electron chi connectivity index (χ3n) is 2.37. The number of benzene rings is 1. The summed E-state index contributed by atoms with van der Waals surface area (Å²) in [5.74, 6) is 0.598. The molecule has 0 fully saturated rings. The van der Waals surface area contributed by atoms with Crippen molar-refractivity contribution in [2.75, 3.05) is 6.61 Å². The molecule has 0 unspecified atom stereocenters. The van der Waals surface area contributed by atoms with Crippen molar-refractivity contribution in [2.45, 2.75) is 11.3 Å². The van der Waals surface area contributed by atoms with E-state index in [-0.39, 0.29) is 4.90 Å². The average molecular weight is 382 g/mol. The van der Waals surface area contributed by atoms with Crippen molar-refractivity contribution in [1.82, 2.24) is 0 Å². The van der Waals surface area contributed by atoms with Gasteiger partial charge in [-0.2, -0.15) is 0 Å². The lowest BCUT2D eigenvalue weighted by molar-refractivity contribution is 0.321. The van der Waals surface area contributed by atoms with E-state index >= 15 is 0 Å². The quantitative estimate of drug-likeness (QED) is 0.734. The molecule has 0 spiro atoms. The van der Waals surface area contributed by atoms with Crippen LogP contribution in [0.5, 0.6) is 5.75 Å². The minimum Gasteiger partial charge on any atom is -0.492 e. The summed E-state index contributed by atoms with van der Waals surface area (Å²) in [5, 5.41) is 2.02. The van der Waals surface area contributed by atoms with Gasteiger partial charge in [0.1, 0.15) is 5.75 Å². The van der Waals surface area contributed by atoms with Gasteiger partial charge >= 0.3 is 0 Å². The van der Waals surface area contributed by atoms with E-state index in [2.05, 4.69) is 15.9 Å². The molecule has 19 heavy (non-hydrogen) atoms. The van der Waals surface area contributed by atoms with Crippen molar-refractivity contribution >= 4 is 47.0 Å². The molecule has 1 aromatic heterocycles. The average Bonchev–Trinajstić information content (AvgIpc) is 2.83. The molecular formula is C12H10BrClO3S2. The third-order valence-corrected chi connectivity index (χ3v) is 5.28. The highest BCUT2D eigenvalue weighted by atomic mass is 79.9. The standard InChI is InChI=1S/C12H10BrClO3S2/c13-11-8-10(19(14,15)16)3-4-12(11)17-6-5-9-2-1-7-18-9/h1-4,7-8H,5-6H2. The second-order valence-electron chi connectivity index (χ2n) is 3.71. The van der Waals surface area contributed by atoms with Crippen LogP contribution in [0.25, 0.3) is 0 Å². The first-order valence-corrected chi connectivity index (χ1v) is 9.34. The van der Waals surface area contributed by atoms with E-state index in [4.69, 9.17) is 15.4 Å². The molecule has 0 bridgehead atoms. The van der Waals surface area contributed by atoms with Crippen LogP contribution in [-0.4, -0.2) is 15.0 Å². The summed E-state index contributed by atoms with van der Waals surface area (Å²) in [5.41, 5.74) is 0. The Balaban J connectivity index is 2.01. The monoisotopic (exact) mass is 380 g/mol. The number of rotatable bonds is 5. The van der Waals surface area contributed by atoms with Crippen LogP contribution in [-0.2, 0) is 15.5 Å². The van der Waals surface area contributed by atoms with Gasteiger partial charge in [0.05, 0.1) is 16.0 Å². The summed E-state index contributed by atoms with van der Waals surface area (Å²) in [6.07, 6.45) is 0.819. The van der Waals surface area contributed by atoms with Gasteiger partial charge in [0.15, 0.2) is 0 Å². The fraction of sp³-hybridized carbons (Fsp3) is 0.167. The number of hydrogen-bond donors (Lipinski definition) is 0. The van der Waals surface area contributed by atoms with E-state index in [9.17, 15) is 8.42 Å². The minimum atomic E-state index is -3.71. The van der Waals surface area contributed by atoms with Crippen LogP contribution in [0.2, 0.25) is 0 Å². The first-order valence-electron chi connectivity index (χ1n) is 5.36. The maximum absolute atomic E-state index is 11.2. The summed E-state index contributed by atoms with van der Waals surface area (Å²) in [4.78, 5) is 1.29. The van der Waals surface area contributed by atoms with Crippen LogP contribution in [0.15, 0.2) is 45.1 Å². The lowest BCUT2D eigenvalue weighted by Crippen LogP contribution is -2.01. The Kier molecular flexibility index (Phi) is 4.89. The maximum Gasteiger partial charge on any atom is 0.261 e. The van der Waals surface area contributed by atoms with Gasteiger partial charge in [-0.05, 0) is 45.6 Å². The van der Waals surface area contributed by atoms with Crippen molar-refractivity contribution < 1.29 is 13.2 Å². The Bertz CT molecular complexity index is 654. The number of halogens is 2. The molecule has 0 N–H and O–H groups in total. The van der Waals surface area contributed by atoms with Crippen molar-refractivity contribution in [3.8, 4) is 5.75 Å². The van der Waals surface area contributed by atoms with Gasteiger partial charge in [-0.3, -0.25) is 0 Å². The molecule has 0 atom stereocenters. The van der Waals surface area contributed by atoms with Crippen LogP contribution in [0.1, 0.15) is 4.88 Å². The van der Waals surface area contributed by atoms with Gasteiger partial charge in [-0.25, -0.2) is 8.42 Å². The smallest absolute Gasteiger partial charge is 0.261 e. The second kappa shape index (κ2) is 6.26. The maximum atomic E-state index is 11.2. The molecule has 1 heterocycles. The number of ether oxygens (including phenoxy) is 1. The van der Waals surface area contributed by atoms with Gasteiger partial charge in [0.2, 0.25) is 0 Å². The van der Waals surface area contributed by atoms with E-state index in [0.717, 1.165) is 6.42 Å². The van der Waals surface area contributed by atoms with Gasteiger partial charge in [-0.1, -0.05) is 6.07 Å². The lowest BCUT2D eigenvalue weighted by Gasteiger charge is -2.08. The van der Waals surface area contributed by atoms with Crippen LogP contribution in [0.4, 0.5) is 0 Å². The van der Waals surface area contributed by atoms with Gasteiger partial charge in [-0.15, -0.1) is 11.3 Å². The molecule has 2 rings (SSSR count). The fourth-order valence-electron chi connectivity index (χ4n) is 1.47. The first-order chi connectivity index (χ1) is 8.97. The zero-order valence-electron chi connectivity index (χ0n) is 9.68. The Morgan fingerprint density at radius 3 is 2.68 bits per heavy atom. The third kappa shape index (κ3) is 4.21. The Morgan fingerprint density at radius 1 is 1.32 bits per heavy atom. The Hall–Kier alpha value is -0.560. The second-order valence-corrected chi connectivity index (χ2v) is 8.16. The highest BCUT2D eigenvalue weighted by molar-refractivity contribution is 9.10. The van der Waals surface area contributed by atoms with E-state index in [1.54, 1.807) is 17.4 Å². The number of hydrogen-bond acceptors (Lipinski definition) is 4. The molecule has 7 heteroatoms. The van der Waals surface area contributed by atoms with E-state index in [0.29, 0.717) is 16.8 Å². The van der Waals surface area contributed by atoms with Crippen LogP contribution in [0.3, 0.4) is 0 Å².